The third-order valence-electron chi connectivity index (χ3n) is 6.43. The van der Waals surface area contributed by atoms with Gasteiger partial charge < -0.3 is 14.5 Å². The minimum atomic E-state index is 0.149. The quantitative estimate of drug-likeness (QED) is 0.704. The van der Waals surface area contributed by atoms with E-state index in [0.717, 1.165) is 30.7 Å². The maximum absolute atomic E-state index is 13.1. The van der Waals surface area contributed by atoms with Crippen LogP contribution in [-0.2, 0) is 6.42 Å². The SMILES string of the molecule is CN1CCOc2ccccc2-c2cccc(c2)C[C@H]2CC3(CC3)CN2C1=O. The number of hydrogen-bond donors (Lipinski definition) is 0. The molecule has 0 unspecified atom stereocenters. The van der Waals surface area contributed by atoms with Gasteiger partial charge in [-0.05, 0) is 48.3 Å². The number of urea groups is 1. The van der Waals surface area contributed by atoms with Gasteiger partial charge in [-0.3, -0.25) is 0 Å². The lowest BCUT2D eigenvalue weighted by Crippen LogP contribution is -2.45. The molecule has 4 nitrogen and oxygen atoms in total. The molecule has 1 atom stereocenters. The van der Waals surface area contributed by atoms with Gasteiger partial charge in [0.15, 0.2) is 0 Å². The fourth-order valence-corrected chi connectivity index (χ4v) is 4.69. The van der Waals surface area contributed by atoms with Crippen molar-refractivity contribution in [3.63, 3.8) is 0 Å². The molecule has 2 aliphatic heterocycles. The summed E-state index contributed by atoms with van der Waals surface area (Å²) >= 11 is 0. The number of carbonyl (C=O) groups excluding carboxylic acids is 1. The Morgan fingerprint density at radius 2 is 1.96 bits per heavy atom. The van der Waals surface area contributed by atoms with Crippen LogP contribution in [-0.4, -0.2) is 48.6 Å². The average molecular weight is 362 g/mol. The normalized spacial score (nSPS) is 23.6. The third-order valence-corrected chi connectivity index (χ3v) is 6.43. The summed E-state index contributed by atoms with van der Waals surface area (Å²) in [5, 5.41) is 0. The van der Waals surface area contributed by atoms with Gasteiger partial charge in [0, 0.05) is 25.2 Å². The van der Waals surface area contributed by atoms with Crippen LogP contribution in [0.5, 0.6) is 5.75 Å². The van der Waals surface area contributed by atoms with Gasteiger partial charge in [0.1, 0.15) is 12.4 Å². The zero-order valence-electron chi connectivity index (χ0n) is 15.9. The van der Waals surface area contributed by atoms with Crippen LogP contribution in [0.2, 0.25) is 0 Å². The Kier molecular flexibility index (Phi) is 3.88. The van der Waals surface area contributed by atoms with E-state index in [-0.39, 0.29) is 6.03 Å². The van der Waals surface area contributed by atoms with Crippen molar-refractivity contribution in [2.24, 2.45) is 5.41 Å². The van der Waals surface area contributed by atoms with Crippen LogP contribution in [0.4, 0.5) is 4.79 Å². The number of ether oxygens (including phenoxy) is 1. The van der Waals surface area contributed by atoms with Gasteiger partial charge in [-0.25, -0.2) is 4.79 Å². The number of hydrogen-bond acceptors (Lipinski definition) is 2. The van der Waals surface area contributed by atoms with Crippen LogP contribution in [0.1, 0.15) is 24.8 Å². The van der Waals surface area contributed by atoms with Crippen molar-refractivity contribution in [3.05, 3.63) is 54.1 Å². The number of benzene rings is 2. The Hall–Kier alpha value is -2.49. The maximum atomic E-state index is 13.1. The van der Waals surface area contributed by atoms with Crippen molar-refractivity contribution < 1.29 is 9.53 Å². The molecule has 0 radical (unpaired) electrons. The summed E-state index contributed by atoms with van der Waals surface area (Å²) in [5.41, 5.74) is 4.01. The van der Waals surface area contributed by atoms with E-state index in [0.29, 0.717) is 24.6 Å². The molecule has 2 heterocycles. The molecule has 2 fully saturated rings. The van der Waals surface area contributed by atoms with Crippen molar-refractivity contribution in [3.8, 4) is 16.9 Å². The van der Waals surface area contributed by atoms with Crippen molar-refractivity contribution in [2.45, 2.75) is 31.7 Å². The van der Waals surface area contributed by atoms with E-state index >= 15 is 0 Å². The monoisotopic (exact) mass is 362 g/mol. The Morgan fingerprint density at radius 3 is 2.81 bits per heavy atom. The molecular weight excluding hydrogens is 336 g/mol. The van der Waals surface area contributed by atoms with Gasteiger partial charge in [0.25, 0.3) is 0 Å². The molecule has 1 saturated carbocycles. The van der Waals surface area contributed by atoms with E-state index < -0.39 is 0 Å². The van der Waals surface area contributed by atoms with Gasteiger partial charge in [0.05, 0.1) is 6.54 Å². The first-order valence-electron chi connectivity index (χ1n) is 9.96. The van der Waals surface area contributed by atoms with Crippen LogP contribution in [0.25, 0.3) is 11.1 Å². The van der Waals surface area contributed by atoms with Crippen LogP contribution >= 0.6 is 0 Å². The fraction of sp³-hybridized carbons (Fsp3) is 0.435. The molecule has 3 aliphatic rings. The number of likely N-dealkylation sites (N-methyl/N-ethyl adjacent to an activating group) is 1. The lowest BCUT2D eigenvalue weighted by Gasteiger charge is -2.29. The first-order valence-corrected chi connectivity index (χ1v) is 9.96. The van der Waals surface area contributed by atoms with Gasteiger partial charge in [-0.1, -0.05) is 42.5 Å². The summed E-state index contributed by atoms with van der Waals surface area (Å²) in [4.78, 5) is 17.1. The largest absolute Gasteiger partial charge is 0.491 e. The molecule has 5 rings (SSSR count). The molecular formula is C23H26N2O2. The number of amides is 2. The predicted molar refractivity (Wildman–Crippen MR) is 106 cm³/mol. The zero-order valence-corrected chi connectivity index (χ0v) is 15.9. The highest BCUT2D eigenvalue weighted by molar-refractivity contribution is 5.75. The summed E-state index contributed by atoms with van der Waals surface area (Å²) in [6.07, 6.45) is 4.61. The van der Waals surface area contributed by atoms with E-state index in [4.69, 9.17) is 4.74 Å². The highest BCUT2D eigenvalue weighted by Gasteiger charge is 2.53. The molecule has 1 spiro atoms. The molecule has 2 aromatic rings. The molecule has 0 aromatic heterocycles. The second-order valence-corrected chi connectivity index (χ2v) is 8.44. The number of para-hydroxylation sites is 1. The molecule has 4 heteroatoms. The predicted octanol–water partition coefficient (Wildman–Crippen LogP) is 4.19. The molecule has 140 valence electrons. The summed E-state index contributed by atoms with van der Waals surface area (Å²) in [6, 6.07) is 17.4. The van der Waals surface area contributed by atoms with E-state index in [1.54, 1.807) is 0 Å². The summed E-state index contributed by atoms with van der Waals surface area (Å²) in [6.45, 7) is 2.02. The van der Waals surface area contributed by atoms with Gasteiger partial charge in [-0.15, -0.1) is 0 Å². The highest BCUT2D eigenvalue weighted by atomic mass is 16.5. The van der Waals surface area contributed by atoms with Crippen LogP contribution in [0.3, 0.4) is 0 Å². The number of carbonyl (C=O) groups is 1. The minimum Gasteiger partial charge on any atom is -0.491 e. The standard InChI is InChI=1S/C23H26N2O2/c1-24-11-12-27-21-8-3-2-7-20(21)18-6-4-5-17(13-18)14-19-15-23(9-10-23)16-25(19)22(24)26/h2-8,13,19H,9-12,14-16H2,1H3/t19-/m0/s1. The van der Waals surface area contributed by atoms with E-state index in [1.807, 2.05) is 24.1 Å². The van der Waals surface area contributed by atoms with E-state index in [9.17, 15) is 4.79 Å². The molecule has 1 aliphatic carbocycles. The second kappa shape index (κ2) is 6.29. The molecule has 2 amide bonds. The van der Waals surface area contributed by atoms with Crippen LogP contribution < -0.4 is 4.74 Å². The first-order chi connectivity index (χ1) is 13.1. The molecule has 0 N–H and O–H groups in total. The van der Waals surface area contributed by atoms with Crippen LogP contribution in [0, 0.1) is 5.41 Å². The topological polar surface area (TPSA) is 32.8 Å². The summed E-state index contributed by atoms with van der Waals surface area (Å²) in [5.74, 6) is 0.882. The molecule has 2 aromatic carbocycles. The van der Waals surface area contributed by atoms with Gasteiger partial charge in [0.2, 0.25) is 0 Å². The minimum absolute atomic E-state index is 0.149. The number of fused-ring (bicyclic) bond motifs is 5. The Labute approximate surface area is 160 Å². The number of nitrogens with zero attached hydrogens (tertiary/aromatic N) is 2. The third kappa shape index (κ3) is 3.07. The maximum Gasteiger partial charge on any atom is 0.320 e. The van der Waals surface area contributed by atoms with E-state index in [1.165, 1.54) is 24.0 Å². The number of rotatable bonds is 0. The zero-order chi connectivity index (χ0) is 18.4. The van der Waals surface area contributed by atoms with Gasteiger partial charge >= 0.3 is 6.03 Å². The van der Waals surface area contributed by atoms with Crippen molar-refractivity contribution in [1.82, 2.24) is 9.80 Å². The Bertz CT molecular complexity index is 874. The van der Waals surface area contributed by atoms with E-state index in [2.05, 4.69) is 41.3 Å². The summed E-state index contributed by atoms with van der Waals surface area (Å²) < 4.78 is 6.07. The van der Waals surface area contributed by atoms with Crippen molar-refractivity contribution in [2.75, 3.05) is 26.7 Å². The lowest BCUT2D eigenvalue weighted by atomic mass is 9.95. The Balaban J connectivity index is 1.54. The first kappa shape index (κ1) is 16.7. The fourth-order valence-electron chi connectivity index (χ4n) is 4.69. The Morgan fingerprint density at radius 1 is 1.11 bits per heavy atom. The second-order valence-electron chi connectivity index (χ2n) is 8.44. The lowest BCUT2D eigenvalue weighted by molar-refractivity contribution is 0.148. The van der Waals surface area contributed by atoms with Crippen molar-refractivity contribution in [1.29, 1.82) is 0 Å². The molecule has 27 heavy (non-hydrogen) atoms. The smallest absolute Gasteiger partial charge is 0.320 e. The average Bonchev–Trinajstić information content (AvgIpc) is 3.34. The highest BCUT2D eigenvalue weighted by Crippen LogP contribution is 2.55. The molecule has 1 saturated heterocycles. The summed E-state index contributed by atoms with van der Waals surface area (Å²) in [7, 11) is 1.90. The van der Waals surface area contributed by atoms with Gasteiger partial charge in [-0.2, -0.15) is 0 Å². The van der Waals surface area contributed by atoms with Crippen LogP contribution in [0.15, 0.2) is 48.5 Å². The van der Waals surface area contributed by atoms with Crippen molar-refractivity contribution >= 4 is 6.03 Å². The molecule has 2 bridgehead atoms.